The maximum atomic E-state index is 12.4. The average molecular weight is 272 g/mol. The second-order valence-electron chi connectivity index (χ2n) is 4.14. The summed E-state index contributed by atoms with van der Waals surface area (Å²) < 4.78 is 24.8. The summed E-state index contributed by atoms with van der Waals surface area (Å²) in [6.45, 7) is 0.768. The Labute approximate surface area is 111 Å². The third kappa shape index (κ3) is 5.32. The van der Waals surface area contributed by atoms with Gasteiger partial charge in [-0.3, -0.25) is 9.69 Å². The maximum absolute atomic E-state index is 12.4. The third-order valence-corrected chi connectivity index (χ3v) is 2.73. The summed E-state index contributed by atoms with van der Waals surface area (Å²) in [4.78, 5) is 13.2. The normalized spacial score (nSPS) is 12.7. The predicted octanol–water partition coefficient (Wildman–Crippen LogP) is 1.57. The molecular formula is C13H18F2N2O2. The van der Waals surface area contributed by atoms with Crippen LogP contribution in [0.5, 0.6) is 0 Å². The number of carbonyl (C=O) groups excluding carboxylic acids is 1. The lowest BCUT2D eigenvalue weighted by Gasteiger charge is -2.27. The molecule has 0 bridgehead atoms. The van der Waals surface area contributed by atoms with E-state index in [1.54, 1.807) is 24.3 Å². The van der Waals surface area contributed by atoms with Gasteiger partial charge in [0.1, 0.15) is 0 Å². The Hall–Kier alpha value is -1.53. The van der Waals surface area contributed by atoms with E-state index in [1.165, 1.54) is 11.8 Å². The summed E-state index contributed by atoms with van der Waals surface area (Å²) in [6, 6.07) is 8.05. The van der Waals surface area contributed by atoms with Crippen LogP contribution in [0.2, 0.25) is 0 Å². The number of amides is 1. The van der Waals surface area contributed by atoms with Gasteiger partial charge in [0.15, 0.2) is 0 Å². The molecule has 4 nitrogen and oxygen atoms in total. The zero-order chi connectivity index (χ0) is 14.3. The van der Waals surface area contributed by atoms with Gasteiger partial charge in [-0.2, -0.15) is 0 Å². The standard InChI is InChI=1S/C13H18F2N2O2/c1-10(17(7-8-18)9-12(14)15)13(19)16-11-5-3-2-4-6-11/h2-6,10,12,18H,7-9H2,1H3,(H,16,19). The van der Waals surface area contributed by atoms with Crippen LogP contribution in [0.1, 0.15) is 6.92 Å². The molecule has 1 amide bonds. The minimum absolute atomic E-state index is 0.0354. The molecule has 0 saturated heterocycles. The fourth-order valence-corrected chi connectivity index (χ4v) is 1.68. The first-order valence-electron chi connectivity index (χ1n) is 6.03. The highest BCUT2D eigenvalue weighted by Gasteiger charge is 2.23. The van der Waals surface area contributed by atoms with E-state index in [9.17, 15) is 13.6 Å². The molecule has 0 saturated carbocycles. The van der Waals surface area contributed by atoms with E-state index in [1.807, 2.05) is 6.07 Å². The first-order chi connectivity index (χ1) is 9.04. The minimum Gasteiger partial charge on any atom is -0.395 e. The van der Waals surface area contributed by atoms with Crippen molar-refractivity contribution in [3.63, 3.8) is 0 Å². The summed E-state index contributed by atoms with van der Waals surface area (Å²) in [7, 11) is 0. The van der Waals surface area contributed by atoms with E-state index < -0.39 is 19.0 Å². The molecule has 0 spiro atoms. The van der Waals surface area contributed by atoms with Crippen LogP contribution < -0.4 is 5.32 Å². The Kier molecular flexibility index (Phi) is 6.38. The van der Waals surface area contributed by atoms with Gasteiger partial charge in [-0.1, -0.05) is 18.2 Å². The number of hydrogen-bond acceptors (Lipinski definition) is 3. The Balaban J connectivity index is 2.62. The fraction of sp³-hybridized carbons (Fsp3) is 0.462. The van der Waals surface area contributed by atoms with E-state index in [0.29, 0.717) is 5.69 Å². The van der Waals surface area contributed by atoms with Crippen molar-refractivity contribution in [1.82, 2.24) is 4.90 Å². The topological polar surface area (TPSA) is 52.6 Å². The molecule has 0 aliphatic rings. The number of rotatable bonds is 7. The fourth-order valence-electron chi connectivity index (χ4n) is 1.68. The molecule has 1 unspecified atom stereocenters. The molecule has 6 heteroatoms. The van der Waals surface area contributed by atoms with Gasteiger partial charge in [0.2, 0.25) is 5.91 Å². The van der Waals surface area contributed by atoms with E-state index in [4.69, 9.17) is 5.11 Å². The minimum atomic E-state index is -2.54. The average Bonchev–Trinajstić information content (AvgIpc) is 2.38. The number of halogens is 2. The monoisotopic (exact) mass is 272 g/mol. The van der Waals surface area contributed by atoms with Gasteiger partial charge in [0.25, 0.3) is 6.43 Å². The first kappa shape index (κ1) is 15.5. The molecule has 0 aromatic heterocycles. The van der Waals surface area contributed by atoms with Gasteiger partial charge >= 0.3 is 0 Å². The largest absolute Gasteiger partial charge is 0.395 e. The number of benzene rings is 1. The van der Waals surface area contributed by atoms with Crippen LogP contribution in [0.15, 0.2) is 30.3 Å². The lowest BCUT2D eigenvalue weighted by Crippen LogP contribution is -2.45. The molecule has 106 valence electrons. The summed E-state index contributed by atoms with van der Waals surface area (Å²) in [5.74, 6) is -0.375. The number of aliphatic hydroxyl groups is 1. The Bertz CT molecular complexity index is 387. The number of para-hydroxylation sites is 1. The highest BCUT2D eigenvalue weighted by atomic mass is 19.3. The van der Waals surface area contributed by atoms with Gasteiger partial charge in [0.05, 0.1) is 19.2 Å². The van der Waals surface area contributed by atoms with Crippen LogP contribution in [0.4, 0.5) is 14.5 Å². The highest BCUT2D eigenvalue weighted by Crippen LogP contribution is 2.09. The van der Waals surface area contributed by atoms with E-state index >= 15 is 0 Å². The Morgan fingerprint density at radius 3 is 2.53 bits per heavy atom. The molecule has 0 heterocycles. The van der Waals surface area contributed by atoms with Crippen LogP contribution in [0.3, 0.4) is 0 Å². The number of nitrogens with zero attached hydrogens (tertiary/aromatic N) is 1. The zero-order valence-corrected chi connectivity index (χ0v) is 10.7. The number of carbonyl (C=O) groups is 1. The Morgan fingerprint density at radius 1 is 1.37 bits per heavy atom. The number of alkyl halides is 2. The molecule has 1 rings (SSSR count). The van der Waals surface area contributed by atoms with Gasteiger partial charge in [-0.15, -0.1) is 0 Å². The van der Waals surface area contributed by atoms with Crippen molar-refractivity contribution >= 4 is 11.6 Å². The SMILES string of the molecule is CC(C(=O)Nc1ccccc1)N(CCO)CC(F)F. The third-order valence-electron chi connectivity index (χ3n) is 2.73. The number of hydrogen-bond donors (Lipinski definition) is 2. The smallest absolute Gasteiger partial charge is 0.251 e. The second kappa shape index (κ2) is 7.81. The van der Waals surface area contributed by atoms with Crippen molar-refractivity contribution in [2.75, 3.05) is 25.0 Å². The lowest BCUT2D eigenvalue weighted by atomic mass is 10.2. The molecular weight excluding hydrogens is 254 g/mol. The van der Waals surface area contributed by atoms with Gasteiger partial charge in [-0.25, -0.2) is 8.78 Å². The van der Waals surface area contributed by atoms with Gasteiger partial charge in [-0.05, 0) is 19.1 Å². The zero-order valence-electron chi connectivity index (χ0n) is 10.7. The van der Waals surface area contributed by atoms with Crippen molar-refractivity contribution in [3.05, 3.63) is 30.3 Å². The quantitative estimate of drug-likeness (QED) is 0.792. The molecule has 0 radical (unpaired) electrons. The van der Waals surface area contributed by atoms with Gasteiger partial charge in [0, 0.05) is 12.2 Å². The molecule has 0 aliphatic carbocycles. The van der Waals surface area contributed by atoms with Crippen molar-refractivity contribution in [2.24, 2.45) is 0 Å². The molecule has 1 aromatic rings. The van der Waals surface area contributed by atoms with E-state index in [0.717, 1.165) is 0 Å². The predicted molar refractivity (Wildman–Crippen MR) is 69.2 cm³/mol. The molecule has 1 atom stereocenters. The molecule has 0 aliphatic heterocycles. The summed E-state index contributed by atoms with van der Waals surface area (Å²) >= 11 is 0. The summed E-state index contributed by atoms with van der Waals surface area (Å²) in [5.41, 5.74) is 0.611. The maximum Gasteiger partial charge on any atom is 0.251 e. The lowest BCUT2D eigenvalue weighted by molar-refractivity contribution is -0.121. The van der Waals surface area contributed by atoms with Crippen LogP contribution in [0.25, 0.3) is 0 Å². The molecule has 19 heavy (non-hydrogen) atoms. The highest BCUT2D eigenvalue weighted by molar-refractivity contribution is 5.94. The van der Waals surface area contributed by atoms with Crippen molar-refractivity contribution in [1.29, 1.82) is 0 Å². The van der Waals surface area contributed by atoms with Crippen molar-refractivity contribution < 1.29 is 18.7 Å². The molecule has 0 fully saturated rings. The number of anilines is 1. The van der Waals surface area contributed by atoms with Crippen molar-refractivity contribution in [2.45, 2.75) is 19.4 Å². The van der Waals surface area contributed by atoms with Crippen LogP contribution >= 0.6 is 0 Å². The van der Waals surface area contributed by atoms with Gasteiger partial charge < -0.3 is 10.4 Å². The molecule has 1 aromatic carbocycles. The van der Waals surface area contributed by atoms with Crippen LogP contribution in [0, 0.1) is 0 Å². The van der Waals surface area contributed by atoms with Crippen molar-refractivity contribution in [3.8, 4) is 0 Å². The molecule has 2 N–H and O–H groups in total. The summed E-state index contributed by atoms with van der Waals surface area (Å²) in [6.07, 6.45) is -2.54. The summed E-state index contributed by atoms with van der Waals surface area (Å²) in [5, 5.41) is 11.5. The van der Waals surface area contributed by atoms with Crippen LogP contribution in [-0.4, -0.2) is 48.1 Å². The van der Waals surface area contributed by atoms with E-state index in [-0.39, 0.29) is 19.1 Å². The van der Waals surface area contributed by atoms with E-state index in [2.05, 4.69) is 5.32 Å². The van der Waals surface area contributed by atoms with Crippen LogP contribution in [-0.2, 0) is 4.79 Å². The second-order valence-corrected chi connectivity index (χ2v) is 4.14. The Morgan fingerprint density at radius 2 is 2.00 bits per heavy atom. The number of nitrogens with one attached hydrogen (secondary N) is 1. The number of aliphatic hydroxyl groups excluding tert-OH is 1. The first-order valence-corrected chi connectivity index (χ1v) is 6.03.